The van der Waals surface area contributed by atoms with Crippen molar-refractivity contribution in [1.82, 2.24) is 14.8 Å². The molecule has 3 aromatic rings. The highest BCUT2D eigenvalue weighted by Gasteiger charge is 2.29. The Bertz CT molecular complexity index is 1010. The molecule has 0 saturated heterocycles. The van der Waals surface area contributed by atoms with Crippen LogP contribution in [-0.4, -0.2) is 26.6 Å². The molecular formula is C19H16ClN5O2. The topological polar surface area (TPSA) is 88.9 Å². The molecule has 2 aromatic carbocycles. The fourth-order valence-electron chi connectivity index (χ4n) is 2.94. The summed E-state index contributed by atoms with van der Waals surface area (Å²) in [4.78, 5) is 28.7. The standard InChI is InChI=1S/C19H16ClN5O2/c1-11-2-4-13(5-3-11)17(27)22-18-23-19-21-16(26)10-15(25(19)24-18)12-6-8-14(20)9-7-12/h2-9,15H,10H2,1H3,(H2,21,22,23,24,26,27)/t15-/m1/s1. The maximum absolute atomic E-state index is 12.4. The first-order valence-electron chi connectivity index (χ1n) is 8.39. The number of benzene rings is 2. The maximum Gasteiger partial charge on any atom is 0.258 e. The Balaban J connectivity index is 1.61. The summed E-state index contributed by atoms with van der Waals surface area (Å²) in [7, 11) is 0. The van der Waals surface area contributed by atoms with Gasteiger partial charge in [0, 0.05) is 10.6 Å². The molecule has 0 bridgehead atoms. The number of hydrogen-bond donors (Lipinski definition) is 2. The van der Waals surface area contributed by atoms with E-state index >= 15 is 0 Å². The van der Waals surface area contributed by atoms with Gasteiger partial charge < -0.3 is 0 Å². The van der Waals surface area contributed by atoms with E-state index in [4.69, 9.17) is 11.6 Å². The summed E-state index contributed by atoms with van der Waals surface area (Å²) < 4.78 is 1.61. The Morgan fingerprint density at radius 2 is 1.89 bits per heavy atom. The van der Waals surface area contributed by atoms with Crippen LogP contribution in [0.3, 0.4) is 0 Å². The molecule has 0 saturated carbocycles. The van der Waals surface area contributed by atoms with Gasteiger partial charge in [0.1, 0.15) is 0 Å². The molecule has 1 aliphatic rings. The fraction of sp³-hybridized carbons (Fsp3) is 0.158. The van der Waals surface area contributed by atoms with Crippen LogP contribution in [0.25, 0.3) is 0 Å². The number of nitrogens with zero attached hydrogens (tertiary/aromatic N) is 3. The highest BCUT2D eigenvalue weighted by atomic mass is 35.5. The lowest BCUT2D eigenvalue weighted by Gasteiger charge is -2.23. The monoisotopic (exact) mass is 381 g/mol. The number of hydrogen-bond acceptors (Lipinski definition) is 4. The number of carbonyl (C=O) groups excluding carboxylic acids is 2. The highest BCUT2D eigenvalue weighted by Crippen LogP contribution is 2.30. The molecule has 7 nitrogen and oxygen atoms in total. The summed E-state index contributed by atoms with van der Waals surface area (Å²) in [5.74, 6) is -0.0410. The zero-order valence-corrected chi connectivity index (χ0v) is 15.2. The van der Waals surface area contributed by atoms with Gasteiger partial charge in [0.2, 0.25) is 11.9 Å². The van der Waals surface area contributed by atoms with E-state index in [1.54, 1.807) is 28.9 Å². The number of fused-ring (bicyclic) bond motifs is 1. The highest BCUT2D eigenvalue weighted by molar-refractivity contribution is 6.30. The van der Waals surface area contributed by atoms with Crippen LogP contribution in [0.5, 0.6) is 0 Å². The van der Waals surface area contributed by atoms with Crippen LogP contribution >= 0.6 is 11.6 Å². The minimum absolute atomic E-state index is 0.136. The third-order valence-electron chi connectivity index (χ3n) is 4.35. The van der Waals surface area contributed by atoms with Gasteiger partial charge in [-0.2, -0.15) is 4.98 Å². The Kier molecular flexibility index (Phi) is 4.37. The molecule has 0 aliphatic carbocycles. The summed E-state index contributed by atoms with van der Waals surface area (Å²) in [5.41, 5.74) is 2.46. The second-order valence-electron chi connectivity index (χ2n) is 6.34. The molecule has 1 aromatic heterocycles. The van der Waals surface area contributed by atoms with Crippen LogP contribution in [0.2, 0.25) is 5.02 Å². The van der Waals surface area contributed by atoms with Gasteiger partial charge in [-0.3, -0.25) is 20.2 Å². The number of carbonyl (C=O) groups is 2. The molecule has 1 atom stereocenters. The van der Waals surface area contributed by atoms with Crippen LogP contribution in [-0.2, 0) is 4.79 Å². The van der Waals surface area contributed by atoms with Crippen molar-refractivity contribution in [2.24, 2.45) is 0 Å². The van der Waals surface area contributed by atoms with Crippen molar-refractivity contribution in [2.75, 3.05) is 10.6 Å². The van der Waals surface area contributed by atoms with Crippen LogP contribution in [0.1, 0.15) is 33.9 Å². The van der Waals surface area contributed by atoms with Crippen molar-refractivity contribution in [3.8, 4) is 0 Å². The lowest BCUT2D eigenvalue weighted by Crippen LogP contribution is -2.29. The van der Waals surface area contributed by atoms with E-state index in [0.717, 1.165) is 11.1 Å². The molecule has 4 rings (SSSR count). The zero-order chi connectivity index (χ0) is 19.0. The second-order valence-corrected chi connectivity index (χ2v) is 6.78. The molecule has 2 amide bonds. The van der Waals surface area contributed by atoms with Crippen LogP contribution in [0.15, 0.2) is 48.5 Å². The Morgan fingerprint density at radius 1 is 1.19 bits per heavy atom. The van der Waals surface area contributed by atoms with E-state index in [9.17, 15) is 9.59 Å². The number of amides is 2. The number of rotatable bonds is 3. The molecule has 0 unspecified atom stereocenters. The summed E-state index contributed by atoms with van der Waals surface area (Å²) in [6, 6.07) is 14.1. The van der Waals surface area contributed by atoms with Crippen molar-refractivity contribution in [3.63, 3.8) is 0 Å². The van der Waals surface area contributed by atoms with Crippen LogP contribution < -0.4 is 10.6 Å². The van der Waals surface area contributed by atoms with Crippen molar-refractivity contribution in [1.29, 1.82) is 0 Å². The van der Waals surface area contributed by atoms with Crippen LogP contribution in [0, 0.1) is 6.92 Å². The van der Waals surface area contributed by atoms with E-state index in [2.05, 4.69) is 20.7 Å². The quantitative estimate of drug-likeness (QED) is 0.727. The summed E-state index contributed by atoms with van der Waals surface area (Å²) in [5, 5.41) is 10.4. The minimum Gasteiger partial charge on any atom is -0.295 e. The number of aryl methyl sites for hydroxylation is 1. The van der Waals surface area contributed by atoms with E-state index in [-0.39, 0.29) is 30.2 Å². The molecule has 8 heteroatoms. The number of anilines is 2. The summed E-state index contributed by atoms with van der Waals surface area (Å²) in [6.45, 7) is 1.95. The van der Waals surface area contributed by atoms with Gasteiger partial charge >= 0.3 is 0 Å². The van der Waals surface area contributed by atoms with Gasteiger partial charge in [0.15, 0.2) is 0 Å². The largest absolute Gasteiger partial charge is 0.295 e. The third-order valence-corrected chi connectivity index (χ3v) is 4.60. The predicted molar refractivity (Wildman–Crippen MR) is 102 cm³/mol. The van der Waals surface area contributed by atoms with Gasteiger partial charge in [0.05, 0.1) is 12.5 Å². The molecule has 0 radical (unpaired) electrons. The SMILES string of the molecule is Cc1ccc(C(=O)Nc2nc3n(n2)[C@@H](c2ccc(Cl)cc2)CC(=O)N3)cc1. The van der Waals surface area contributed by atoms with Gasteiger partial charge in [0.25, 0.3) is 11.9 Å². The molecule has 2 N–H and O–H groups in total. The second kappa shape index (κ2) is 6.85. The smallest absolute Gasteiger partial charge is 0.258 e. The lowest BCUT2D eigenvalue weighted by atomic mass is 10.0. The summed E-state index contributed by atoms with van der Waals surface area (Å²) in [6.07, 6.45) is 0.226. The maximum atomic E-state index is 12.4. The number of halogens is 1. The van der Waals surface area contributed by atoms with Gasteiger partial charge in [-0.15, -0.1) is 5.10 Å². The molecular weight excluding hydrogens is 366 g/mol. The van der Waals surface area contributed by atoms with Crippen molar-refractivity contribution >= 4 is 35.3 Å². The van der Waals surface area contributed by atoms with E-state index in [1.165, 1.54) is 0 Å². The van der Waals surface area contributed by atoms with E-state index in [1.807, 2.05) is 31.2 Å². The first kappa shape index (κ1) is 17.2. The molecule has 0 fully saturated rings. The first-order valence-corrected chi connectivity index (χ1v) is 8.77. The Morgan fingerprint density at radius 3 is 2.59 bits per heavy atom. The van der Waals surface area contributed by atoms with Crippen LogP contribution in [0.4, 0.5) is 11.9 Å². The number of nitrogens with one attached hydrogen (secondary N) is 2. The first-order chi connectivity index (χ1) is 13.0. The average molecular weight is 382 g/mol. The lowest BCUT2D eigenvalue weighted by molar-refractivity contribution is -0.117. The molecule has 136 valence electrons. The minimum atomic E-state index is -0.316. The predicted octanol–water partition coefficient (Wildman–Crippen LogP) is 3.42. The van der Waals surface area contributed by atoms with E-state index in [0.29, 0.717) is 16.5 Å². The normalized spacial score (nSPS) is 15.8. The summed E-state index contributed by atoms with van der Waals surface area (Å²) >= 11 is 5.95. The Hall–Kier alpha value is -3.19. The molecule has 27 heavy (non-hydrogen) atoms. The zero-order valence-electron chi connectivity index (χ0n) is 14.4. The van der Waals surface area contributed by atoms with E-state index < -0.39 is 0 Å². The van der Waals surface area contributed by atoms with Gasteiger partial charge in [-0.1, -0.05) is 41.4 Å². The van der Waals surface area contributed by atoms with Crippen molar-refractivity contribution < 1.29 is 9.59 Å². The molecule has 2 heterocycles. The van der Waals surface area contributed by atoms with Gasteiger partial charge in [-0.25, -0.2) is 4.68 Å². The van der Waals surface area contributed by atoms with Gasteiger partial charge in [-0.05, 0) is 36.8 Å². The molecule has 1 aliphatic heterocycles. The molecule has 0 spiro atoms. The average Bonchev–Trinajstić information content (AvgIpc) is 3.04. The fourth-order valence-corrected chi connectivity index (χ4v) is 3.07. The number of aromatic nitrogens is 3. The van der Waals surface area contributed by atoms with Crippen molar-refractivity contribution in [2.45, 2.75) is 19.4 Å². The van der Waals surface area contributed by atoms with Crippen molar-refractivity contribution in [3.05, 3.63) is 70.2 Å². The third kappa shape index (κ3) is 3.54. The Labute approximate surface area is 160 Å².